The van der Waals surface area contributed by atoms with Crippen LogP contribution >= 0.6 is 11.6 Å². The number of amides is 2. The minimum Gasteiger partial charge on any atom is -0.504 e. The third-order valence-corrected chi connectivity index (χ3v) is 10.7. The number of nitrogens with one attached hydrogen (secondary N) is 1. The summed E-state index contributed by atoms with van der Waals surface area (Å²) in [4.78, 5) is 55.7. The number of hydrogen-bond donors (Lipinski definition) is 2. The van der Waals surface area contributed by atoms with E-state index in [4.69, 9.17) is 21.3 Å². The van der Waals surface area contributed by atoms with Gasteiger partial charge in [0.05, 0.1) is 35.2 Å². The second-order valence-corrected chi connectivity index (χ2v) is 13.6. The lowest BCUT2D eigenvalue weighted by molar-refractivity contribution is -0.137. The van der Waals surface area contributed by atoms with E-state index in [-0.39, 0.29) is 51.9 Å². The van der Waals surface area contributed by atoms with Crippen molar-refractivity contribution in [1.29, 1.82) is 0 Å². The van der Waals surface area contributed by atoms with Crippen LogP contribution in [0, 0.1) is 12.8 Å². The number of nitrogens with zero attached hydrogens (tertiary/aromatic N) is 7. The summed E-state index contributed by atoms with van der Waals surface area (Å²) < 4.78 is 48.0. The van der Waals surface area contributed by atoms with Crippen LogP contribution in [-0.2, 0) is 27.7 Å². The highest BCUT2D eigenvalue weighted by Crippen LogP contribution is 2.67. The molecular weight excluding hydrogens is 681 g/mol. The maximum atomic E-state index is 14.4. The maximum Gasteiger partial charge on any atom is 0.416 e. The highest BCUT2D eigenvalue weighted by molar-refractivity contribution is 6.33. The maximum absolute atomic E-state index is 14.4. The fourth-order valence-corrected chi connectivity index (χ4v) is 8.10. The monoisotopic (exact) mass is 710 g/mol. The molecule has 1 saturated carbocycles. The zero-order valence-corrected chi connectivity index (χ0v) is 27.4. The average molecular weight is 711 g/mol. The Morgan fingerprint density at radius 1 is 1.20 bits per heavy atom. The number of likely N-dealkylation sites (tertiary alicyclic amines) is 1. The molecule has 1 saturated heterocycles. The van der Waals surface area contributed by atoms with Gasteiger partial charge in [-0.2, -0.15) is 22.7 Å². The van der Waals surface area contributed by atoms with Crippen molar-refractivity contribution in [3.8, 4) is 5.75 Å². The van der Waals surface area contributed by atoms with Gasteiger partial charge in [0, 0.05) is 35.7 Å². The van der Waals surface area contributed by atoms with Gasteiger partial charge >= 0.3 is 6.18 Å². The van der Waals surface area contributed by atoms with Crippen LogP contribution in [0.4, 0.5) is 18.9 Å². The van der Waals surface area contributed by atoms with Crippen molar-refractivity contribution < 1.29 is 32.6 Å². The minimum atomic E-state index is -4.60. The molecule has 0 unspecified atom stereocenters. The van der Waals surface area contributed by atoms with E-state index in [1.807, 2.05) is 6.08 Å². The summed E-state index contributed by atoms with van der Waals surface area (Å²) in [5.41, 5.74) is 0.384. The number of alkyl halides is 3. The first kappa shape index (κ1) is 32.4. The smallest absolute Gasteiger partial charge is 0.416 e. The molecule has 1 aromatic carbocycles. The molecule has 4 aromatic rings. The van der Waals surface area contributed by atoms with Crippen LogP contribution in [0.25, 0.3) is 11.4 Å². The molecule has 8 rings (SSSR count). The van der Waals surface area contributed by atoms with Crippen LogP contribution in [-0.4, -0.2) is 77.3 Å². The molecule has 260 valence electrons. The molecule has 2 N–H and O–H groups in total. The quantitative estimate of drug-likeness (QED) is 0.311. The SMILES string of the molecule is Cc1ncnc(C(=O)N2CCC3(CC2)c2c(n(CC(=O)Nc4ccc(C(F)(F)F)cc4Cl)c4nc(C5=CCOCC5)nn4c2=O)[C@H]2C[C@H]23)c1O. The van der Waals surface area contributed by atoms with E-state index in [1.165, 1.54) is 10.8 Å². The second kappa shape index (κ2) is 11.6. The minimum absolute atomic E-state index is 0.00983. The van der Waals surface area contributed by atoms with E-state index < -0.39 is 29.0 Å². The molecule has 0 bridgehead atoms. The van der Waals surface area contributed by atoms with Gasteiger partial charge in [-0.15, -0.1) is 5.10 Å². The Kier molecular flexibility index (Phi) is 7.52. The summed E-state index contributed by atoms with van der Waals surface area (Å²) in [6.07, 6.45) is 0.730. The predicted molar refractivity (Wildman–Crippen MR) is 172 cm³/mol. The topological polar surface area (TPSA) is 157 Å². The lowest BCUT2D eigenvalue weighted by Gasteiger charge is -2.41. The van der Waals surface area contributed by atoms with Crippen LogP contribution in [0.15, 0.2) is 35.4 Å². The summed E-state index contributed by atoms with van der Waals surface area (Å²) >= 11 is 6.14. The number of aromatic hydroxyl groups is 1. The van der Waals surface area contributed by atoms with Crippen LogP contribution in [0.3, 0.4) is 0 Å². The van der Waals surface area contributed by atoms with Crippen LogP contribution in [0.1, 0.15) is 70.4 Å². The van der Waals surface area contributed by atoms with E-state index in [1.54, 1.807) is 16.4 Å². The summed E-state index contributed by atoms with van der Waals surface area (Å²) in [5, 5.41) is 17.4. The van der Waals surface area contributed by atoms with Crippen molar-refractivity contribution in [2.75, 3.05) is 31.6 Å². The van der Waals surface area contributed by atoms with Gasteiger partial charge in [0.1, 0.15) is 12.9 Å². The number of carbonyl (C=O) groups excluding carboxylic acids is 2. The number of piperidine rings is 1. The Labute approximate surface area is 286 Å². The van der Waals surface area contributed by atoms with E-state index in [9.17, 15) is 32.7 Å². The van der Waals surface area contributed by atoms with Gasteiger partial charge in [0.25, 0.3) is 11.5 Å². The predicted octanol–water partition coefficient (Wildman–Crippen LogP) is 4.10. The Morgan fingerprint density at radius 3 is 2.68 bits per heavy atom. The Balaban J connectivity index is 1.16. The summed E-state index contributed by atoms with van der Waals surface area (Å²) in [6.45, 7) is 2.73. The summed E-state index contributed by atoms with van der Waals surface area (Å²) in [6, 6.07) is 2.69. The first-order valence-electron chi connectivity index (χ1n) is 16.1. The van der Waals surface area contributed by atoms with Gasteiger partial charge in [-0.3, -0.25) is 14.4 Å². The van der Waals surface area contributed by atoms with Crippen LogP contribution in [0.2, 0.25) is 5.02 Å². The Hall–Kier alpha value is -4.83. The number of benzene rings is 1. The van der Waals surface area contributed by atoms with Crippen LogP contribution in [0.5, 0.6) is 5.75 Å². The van der Waals surface area contributed by atoms with Crippen molar-refractivity contribution in [2.24, 2.45) is 5.92 Å². The number of anilines is 1. The molecule has 3 aromatic heterocycles. The first-order valence-corrected chi connectivity index (χ1v) is 16.5. The molecule has 2 amide bonds. The molecule has 2 atom stereocenters. The van der Waals surface area contributed by atoms with Crippen LogP contribution < -0.4 is 10.9 Å². The average Bonchev–Trinajstić information content (AvgIpc) is 3.69. The number of rotatable bonds is 5. The standard InChI is InChI=1S/C33H30ClF3N8O5/c1-16-27(47)25(39-15-38-16)30(49)43-8-6-32(7-9-43)20-13-19(20)26-24(32)29(48)45-31(41-28(42-45)17-4-10-50-11-5-17)44(26)14-23(46)40-22-3-2-18(12-21(22)34)33(35,36)37/h2-4,12,15,19-20,47H,5-11,13-14H2,1H3,(H,40,46)/t19-,20+/m0/s1. The molecule has 1 spiro atoms. The van der Waals surface area contributed by atoms with Gasteiger partial charge in [0.2, 0.25) is 11.7 Å². The number of fused-ring (bicyclic) bond motifs is 6. The van der Waals surface area contributed by atoms with E-state index in [2.05, 4.69) is 20.4 Å². The molecule has 50 heavy (non-hydrogen) atoms. The lowest BCUT2D eigenvalue weighted by atomic mass is 9.71. The molecule has 0 radical (unpaired) electrons. The van der Waals surface area contributed by atoms with Crippen molar-refractivity contribution in [2.45, 2.75) is 56.7 Å². The third-order valence-electron chi connectivity index (χ3n) is 10.4. The number of aromatic nitrogens is 6. The van der Waals surface area contributed by atoms with E-state index in [0.29, 0.717) is 68.3 Å². The van der Waals surface area contributed by atoms with Crippen molar-refractivity contribution in [1.82, 2.24) is 34.0 Å². The van der Waals surface area contributed by atoms with Crippen molar-refractivity contribution >= 4 is 40.5 Å². The molecule has 2 fully saturated rings. The van der Waals surface area contributed by atoms with E-state index >= 15 is 0 Å². The van der Waals surface area contributed by atoms with Crippen molar-refractivity contribution in [3.05, 3.63) is 80.0 Å². The fraction of sp³-hybridized carbons (Fsp3) is 0.424. The number of carbonyl (C=O) groups is 2. The highest BCUT2D eigenvalue weighted by atomic mass is 35.5. The van der Waals surface area contributed by atoms with Gasteiger partial charge in [-0.25, -0.2) is 9.97 Å². The van der Waals surface area contributed by atoms with Gasteiger partial charge < -0.3 is 24.6 Å². The highest BCUT2D eigenvalue weighted by Gasteiger charge is 2.64. The van der Waals surface area contributed by atoms with Gasteiger partial charge in [0.15, 0.2) is 17.3 Å². The Morgan fingerprint density at radius 2 is 1.98 bits per heavy atom. The number of aryl methyl sites for hydroxylation is 1. The molecule has 5 heterocycles. The first-order chi connectivity index (χ1) is 23.9. The third kappa shape index (κ3) is 5.14. The normalized spacial score (nSPS) is 20.8. The summed E-state index contributed by atoms with van der Waals surface area (Å²) in [7, 11) is 0. The Bertz CT molecular complexity index is 2190. The molecule has 2 aliphatic carbocycles. The second-order valence-electron chi connectivity index (χ2n) is 13.1. The molecule has 17 heteroatoms. The molecule has 4 aliphatic rings. The molecule has 2 aliphatic heterocycles. The number of ether oxygens (including phenoxy) is 1. The summed E-state index contributed by atoms with van der Waals surface area (Å²) in [5.74, 6) is -0.693. The molecular formula is C33H30ClF3N8O5. The molecule has 13 nitrogen and oxygen atoms in total. The van der Waals surface area contributed by atoms with Gasteiger partial charge in [-0.1, -0.05) is 17.7 Å². The lowest BCUT2D eigenvalue weighted by Crippen LogP contribution is -2.48. The largest absolute Gasteiger partial charge is 0.504 e. The van der Waals surface area contributed by atoms with Crippen molar-refractivity contribution in [3.63, 3.8) is 0 Å². The fourth-order valence-electron chi connectivity index (χ4n) is 7.87. The van der Waals surface area contributed by atoms with E-state index in [0.717, 1.165) is 30.2 Å². The zero-order chi connectivity index (χ0) is 35.1. The zero-order valence-electron chi connectivity index (χ0n) is 26.6. The number of hydrogen-bond acceptors (Lipinski definition) is 9. The van der Waals surface area contributed by atoms with Gasteiger partial charge in [-0.05, 0) is 62.3 Å². The number of halogens is 4.